The van der Waals surface area contributed by atoms with Crippen LogP contribution in [0.25, 0.3) is 0 Å². The lowest BCUT2D eigenvalue weighted by Gasteiger charge is -2.11. The van der Waals surface area contributed by atoms with Crippen LogP contribution in [0, 0.1) is 6.92 Å². The Labute approximate surface area is 101 Å². The van der Waals surface area contributed by atoms with Gasteiger partial charge in [0.15, 0.2) is 0 Å². The van der Waals surface area contributed by atoms with Crippen molar-refractivity contribution in [1.29, 1.82) is 0 Å². The van der Waals surface area contributed by atoms with Gasteiger partial charge in [-0.2, -0.15) is 0 Å². The normalized spacial score (nSPS) is 10.0. The van der Waals surface area contributed by atoms with E-state index in [1.807, 2.05) is 25.1 Å². The third kappa shape index (κ3) is 2.93. The lowest BCUT2D eigenvalue weighted by atomic mass is 10.2. The molecule has 0 radical (unpaired) electrons. The summed E-state index contributed by atoms with van der Waals surface area (Å²) in [5.74, 6) is 1.59. The topological polar surface area (TPSA) is 47.0 Å². The van der Waals surface area contributed by atoms with Crippen molar-refractivity contribution in [2.24, 2.45) is 0 Å². The summed E-state index contributed by atoms with van der Waals surface area (Å²) in [6.07, 6.45) is 3.47. The monoisotopic (exact) mass is 229 g/mol. The summed E-state index contributed by atoms with van der Waals surface area (Å²) in [6.45, 7) is 2.63. The first-order chi connectivity index (χ1) is 8.29. The number of anilines is 1. The first-order valence-electron chi connectivity index (χ1n) is 5.44. The molecule has 0 unspecified atom stereocenters. The maximum absolute atomic E-state index is 5.29. The molecule has 0 atom stereocenters. The predicted molar refractivity (Wildman–Crippen MR) is 67.1 cm³/mol. The first kappa shape index (κ1) is 11.4. The van der Waals surface area contributed by atoms with Gasteiger partial charge in [-0.3, -0.25) is 0 Å². The van der Waals surface area contributed by atoms with Crippen molar-refractivity contribution in [2.75, 3.05) is 12.4 Å². The van der Waals surface area contributed by atoms with Crippen LogP contribution in [0.1, 0.15) is 11.4 Å². The minimum absolute atomic E-state index is 0.584. The highest BCUT2D eigenvalue weighted by Gasteiger charge is 2.03. The van der Waals surface area contributed by atoms with E-state index in [2.05, 4.69) is 15.3 Å². The second-order valence-electron chi connectivity index (χ2n) is 3.72. The van der Waals surface area contributed by atoms with E-state index in [0.29, 0.717) is 6.54 Å². The Hall–Kier alpha value is -2.10. The van der Waals surface area contributed by atoms with E-state index < -0.39 is 0 Å². The zero-order valence-corrected chi connectivity index (χ0v) is 9.97. The molecular formula is C13H15N3O. The quantitative estimate of drug-likeness (QED) is 0.874. The molecule has 17 heavy (non-hydrogen) atoms. The van der Waals surface area contributed by atoms with Crippen LogP contribution in [0.2, 0.25) is 0 Å². The smallest absolute Gasteiger partial charge is 0.147 e. The summed E-state index contributed by atoms with van der Waals surface area (Å²) in [6, 6.07) is 7.81. The van der Waals surface area contributed by atoms with Gasteiger partial charge in [0, 0.05) is 12.4 Å². The third-order valence-electron chi connectivity index (χ3n) is 2.41. The molecule has 4 heteroatoms. The van der Waals surface area contributed by atoms with Crippen LogP contribution in [0.3, 0.4) is 0 Å². The van der Waals surface area contributed by atoms with Gasteiger partial charge in [0.1, 0.15) is 11.6 Å². The van der Waals surface area contributed by atoms with E-state index in [0.717, 1.165) is 17.3 Å². The molecule has 2 aromatic rings. The molecule has 1 aromatic heterocycles. The lowest BCUT2D eigenvalue weighted by Crippen LogP contribution is -2.04. The average molecular weight is 229 g/mol. The molecule has 0 aliphatic heterocycles. The molecule has 2 rings (SSSR count). The van der Waals surface area contributed by atoms with Gasteiger partial charge in [0.25, 0.3) is 0 Å². The van der Waals surface area contributed by atoms with Crippen LogP contribution >= 0.6 is 0 Å². The Morgan fingerprint density at radius 1 is 1.24 bits per heavy atom. The second kappa shape index (κ2) is 5.30. The van der Waals surface area contributed by atoms with Crippen LogP contribution in [0.4, 0.5) is 5.69 Å². The highest BCUT2D eigenvalue weighted by molar-refractivity contribution is 5.57. The highest BCUT2D eigenvalue weighted by atomic mass is 16.5. The van der Waals surface area contributed by atoms with Gasteiger partial charge < -0.3 is 10.1 Å². The van der Waals surface area contributed by atoms with Gasteiger partial charge in [-0.15, -0.1) is 0 Å². The van der Waals surface area contributed by atoms with E-state index in [4.69, 9.17) is 4.74 Å². The molecule has 1 aromatic carbocycles. The molecule has 88 valence electrons. The van der Waals surface area contributed by atoms with Crippen molar-refractivity contribution < 1.29 is 4.74 Å². The molecule has 0 bridgehead atoms. The van der Waals surface area contributed by atoms with Crippen molar-refractivity contribution >= 4 is 5.69 Å². The van der Waals surface area contributed by atoms with E-state index in [1.54, 1.807) is 25.6 Å². The average Bonchev–Trinajstić information content (AvgIpc) is 2.38. The van der Waals surface area contributed by atoms with Crippen LogP contribution in [-0.4, -0.2) is 17.1 Å². The van der Waals surface area contributed by atoms with Gasteiger partial charge in [0.2, 0.25) is 0 Å². The summed E-state index contributed by atoms with van der Waals surface area (Å²) in [7, 11) is 1.66. The molecule has 1 N–H and O–H groups in total. The number of aromatic nitrogens is 2. The fraction of sp³-hybridized carbons (Fsp3) is 0.231. The first-order valence-corrected chi connectivity index (χ1v) is 5.44. The number of hydrogen-bond donors (Lipinski definition) is 1. The number of nitrogens with zero attached hydrogens (tertiary/aromatic N) is 2. The Kier molecular flexibility index (Phi) is 3.55. The third-order valence-corrected chi connectivity index (χ3v) is 2.41. The van der Waals surface area contributed by atoms with Crippen molar-refractivity contribution in [2.45, 2.75) is 13.5 Å². The van der Waals surface area contributed by atoms with E-state index in [9.17, 15) is 0 Å². The summed E-state index contributed by atoms with van der Waals surface area (Å²) < 4.78 is 5.29. The number of ether oxygens (including phenoxy) is 1. The summed E-state index contributed by atoms with van der Waals surface area (Å²) in [5.41, 5.74) is 2.14. The fourth-order valence-electron chi connectivity index (χ4n) is 1.56. The van der Waals surface area contributed by atoms with Crippen LogP contribution in [0.5, 0.6) is 5.75 Å². The van der Waals surface area contributed by atoms with Crippen LogP contribution in [-0.2, 0) is 6.54 Å². The van der Waals surface area contributed by atoms with E-state index in [-0.39, 0.29) is 0 Å². The Morgan fingerprint density at radius 3 is 2.71 bits per heavy atom. The zero-order valence-electron chi connectivity index (χ0n) is 9.97. The van der Waals surface area contributed by atoms with Crippen LogP contribution < -0.4 is 10.1 Å². The van der Waals surface area contributed by atoms with Crippen molar-refractivity contribution in [3.63, 3.8) is 0 Å². The largest absolute Gasteiger partial charge is 0.495 e. The van der Waals surface area contributed by atoms with Gasteiger partial charge in [-0.05, 0) is 30.7 Å². The molecule has 0 fully saturated rings. The molecule has 4 nitrogen and oxygen atoms in total. The number of aryl methyl sites for hydroxylation is 1. The molecule has 0 saturated heterocycles. The van der Waals surface area contributed by atoms with Gasteiger partial charge in [-0.25, -0.2) is 9.97 Å². The van der Waals surface area contributed by atoms with Crippen LogP contribution in [0.15, 0.2) is 36.7 Å². The summed E-state index contributed by atoms with van der Waals surface area (Å²) in [4.78, 5) is 8.31. The maximum Gasteiger partial charge on any atom is 0.147 e. The highest BCUT2D eigenvalue weighted by Crippen LogP contribution is 2.25. The molecule has 1 heterocycles. The zero-order chi connectivity index (χ0) is 12.1. The van der Waals surface area contributed by atoms with E-state index >= 15 is 0 Å². The van der Waals surface area contributed by atoms with Crippen molar-refractivity contribution in [1.82, 2.24) is 9.97 Å². The minimum atomic E-state index is 0.584. The SMILES string of the molecule is COc1ccc(C)cc1NCc1ncccn1. The van der Waals surface area contributed by atoms with Crippen molar-refractivity contribution in [3.8, 4) is 5.75 Å². The van der Waals surface area contributed by atoms with Gasteiger partial charge in [0.05, 0.1) is 19.3 Å². The standard InChI is InChI=1S/C13H15N3O/c1-10-4-5-12(17-2)11(8-10)16-9-13-14-6-3-7-15-13/h3-8,16H,9H2,1-2H3. The predicted octanol–water partition coefficient (Wildman–Crippen LogP) is 2.41. The number of methoxy groups -OCH3 is 1. The number of rotatable bonds is 4. The summed E-state index contributed by atoms with van der Waals surface area (Å²) >= 11 is 0. The minimum Gasteiger partial charge on any atom is -0.495 e. The number of hydrogen-bond acceptors (Lipinski definition) is 4. The lowest BCUT2D eigenvalue weighted by molar-refractivity contribution is 0.416. The molecule has 0 aliphatic carbocycles. The Bertz CT molecular complexity index is 485. The molecular weight excluding hydrogens is 214 g/mol. The fourth-order valence-corrected chi connectivity index (χ4v) is 1.56. The molecule has 0 spiro atoms. The Balaban J connectivity index is 2.11. The Morgan fingerprint density at radius 2 is 2.00 bits per heavy atom. The summed E-state index contributed by atoms with van der Waals surface area (Å²) in [5, 5.41) is 3.27. The molecule has 0 saturated carbocycles. The van der Waals surface area contributed by atoms with Gasteiger partial charge >= 0.3 is 0 Å². The molecule has 0 amide bonds. The number of benzene rings is 1. The number of nitrogens with one attached hydrogen (secondary N) is 1. The maximum atomic E-state index is 5.29. The van der Waals surface area contributed by atoms with Gasteiger partial charge in [-0.1, -0.05) is 6.07 Å². The van der Waals surface area contributed by atoms with Crippen molar-refractivity contribution in [3.05, 3.63) is 48.0 Å². The van der Waals surface area contributed by atoms with E-state index in [1.165, 1.54) is 5.56 Å². The second-order valence-corrected chi connectivity index (χ2v) is 3.72. The molecule has 0 aliphatic rings.